The zero-order chi connectivity index (χ0) is 16.8. The van der Waals surface area contributed by atoms with E-state index in [4.69, 9.17) is 9.47 Å². The van der Waals surface area contributed by atoms with E-state index in [2.05, 4.69) is 6.07 Å². The van der Waals surface area contributed by atoms with Crippen LogP contribution in [0.15, 0.2) is 48.5 Å². The summed E-state index contributed by atoms with van der Waals surface area (Å²) in [4.78, 5) is 14.0. The number of carbonyl (C=O) groups excluding carboxylic acids is 1. The first kappa shape index (κ1) is 16.9. The minimum Gasteiger partial charge on any atom is -0.410 e. The van der Waals surface area contributed by atoms with E-state index in [-0.39, 0.29) is 0 Å². The number of hydrogen-bond donors (Lipinski definition) is 0. The number of rotatable bonds is 5. The summed E-state index contributed by atoms with van der Waals surface area (Å²) in [6.45, 7) is 8.56. The van der Waals surface area contributed by atoms with Crippen molar-refractivity contribution in [2.24, 2.45) is 0 Å². The van der Waals surface area contributed by atoms with Crippen molar-refractivity contribution in [3.05, 3.63) is 59.7 Å². The van der Waals surface area contributed by atoms with Crippen LogP contribution in [-0.4, -0.2) is 18.9 Å². The van der Waals surface area contributed by atoms with Gasteiger partial charge in [0.1, 0.15) is 5.75 Å². The third-order valence-corrected chi connectivity index (χ3v) is 3.57. The van der Waals surface area contributed by atoms with Crippen molar-refractivity contribution in [2.75, 3.05) is 11.4 Å². The van der Waals surface area contributed by atoms with Gasteiger partial charge in [0.2, 0.25) is 0 Å². The highest BCUT2D eigenvalue weighted by atomic mass is 16.7. The number of hydrogen-bond acceptors (Lipinski definition) is 4. The number of ether oxygens (including phenoxy) is 2. The quantitative estimate of drug-likeness (QED) is 0.456. The Hall–Kier alpha value is -2.49. The van der Waals surface area contributed by atoms with Crippen molar-refractivity contribution in [3.8, 4) is 5.75 Å². The Morgan fingerprint density at radius 1 is 1.09 bits per heavy atom. The molecule has 0 saturated heterocycles. The zero-order valence-electron chi connectivity index (χ0n) is 14.1. The standard InChI is InChI=1S/C19H23NO3/c1-5-20(17-10-6-8-14(2)12-17)16(4)22-19(21)23-18-11-7-9-15(3)13-18/h6-13,16H,5H2,1-4H3. The van der Waals surface area contributed by atoms with Gasteiger partial charge in [-0.25, -0.2) is 4.79 Å². The third kappa shape index (κ3) is 4.74. The van der Waals surface area contributed by atoms with Gasteiger partial charge in [0, 0.05) is 12.2 Å². The normalized spacial score (nSPS) is 11.7. The molecular formula is C19H23NO3. The van der Waals surface area contributed by atoms with Crippen LogP contribution in [0.2, 0.25) is 0 Å². The van der Waals surface area contributed by atoms with Crippen LogP contribution in [0, 0.1) is 13.8 Å². The van der Waals surface area contributed by atoms with E-state index in [0.717, 1.165) is 23.4 Å². The first-order valence-electron chi connectivity index (χ1n) is 7.78. The predicted molar refractivity (Wildman–Crippen MR) is 91.9 cm³/mol. The van der Waals surface area contributed by atoms with Gasteiger partial charge in [-0.2, -0.15) is 0 Å². The molecule has 2 rings (SSSR count). The maximum absolute atomic E-state index is 12.0. The molecule has 0 spiro atoms. The second kappa shape index (κ2) is 7.68. The van der Waals surface area contributed by atoms with Gasteiger partial charge in [-0.3, -0.25) is 0 Å². The predicted octanol–water partition coefficient (Wildman–Crippen LogP) is 4.69. The zero-order valence-corrected chi connectivity index (χ0v) is 14.1. The van der Waals surface area contributed by atoms with Gasteiger partial charge < -0.3 is 14.4 Å². The molecule has 0 aromatic heterocycles. The molecule has 2 aromatic carbocycles. The molecule has 0 aliphatic heterocycles. The number of anilines is 1. The fourth-order valence-electron chi connectivity index (χ4n) is 2.46. The fourth-order valence-corrected chi connectivity index (χ4v) is 2.46. The molecule has 0 aliphatic rings. The summed E-state index contributed by atoms with van der Waals surface area (Å²) in [5, 5.41) is 0. The molecule has 0 heterocycles. The minimum absolute atomic E-state index is 0.417. The molecule has 0 N–H and O–H groups in total. The molecule has 1 atom stereocenters. The molecule has 0 bridgehead atoms. The van der Waals surface area contributed by atoms with Crippen LogP contribution in [0.25, 0.3) is 0 Å². The van der Waals surface area contributed by atoms with Crippen LogP contribution in [0.1, 0.15) is 25.0 Å². The van der Waals surface area contributed by atoms with Gasteiger partial charge in [0.25, 0.3) is 0 Å². The average Bonchev–Trinajstić information content (AvgIpc) is 2.47. The van der Waals surface area contributed by atoms with Gasteiger partial charge in [0.15, 0.2) is 6.23 Å². The van der Waals surface area contributed by atoms with E-state index in [1.54, 1.807) is 12.1 Å². The van der Waals surface area contributed by atoms with Crippen LogP contribution >= 0.6 is 0 Å². The molecule has 0 fully saturated rings. The Bertz CT molecular complexity index is 669. The Balaban J connectivity index is 2.01. The van der Waals surface area contributed by atoms with E-state index >= 15 is 0 Å². The summed E-state index contributed by atoms with van der Waals surface area (Å²) in [6, 6.07) is 15.4. The Morgan fingerprint density at radius 2 is 1.74 bits per heavy atom. The van der Waals surface area contributed by atoms with Crippen molar-refractivity contribution in [1.82, 2.24) is 0 Å². The second-order valence-electron chi connectivity index (χ2n) is 5.51. The van der Waals surface area contributed by atoms with Gasteiger partial charge in [0.05, 0.1) is 0 Å². The molecule has 0 saturated carbocycles. The first-order valence-corrected chi connectivity index (χ1v) is 7.78. The van der Waals surface area contributed by atoms with Crippen LogP contribution in [-0.2, 0) is 4.74 Å². The van der Waals surface area contributed by atoms with E-state index in [0.29, 0.717) is 5.75 Å². The van der Waals surface area contributed by atoms with Gasteiger partial charge >= 0.3 is 6.16 Å². The Labute approximate surface area is 137 Å². The third-order valence-electron chi connectivity index (χ3n) is 3.57. The van der Waals surface area contributed by atoms with Crippen LogP contribution in [0.5, 0.6) is 5.75 Å². The highest BCUT2D eigenvalue weighted by molar-refractivity contribution is 5.64. The molecule has 0 amide bonds. The Morgan fingerprint density at radius 3 is 2.35 bits per heavy atom. The van der Waals surface area contributed by atoms with Gasteiger partial charge in [-0.15, -0.1) is 0 Å². The van der Waals surface area contributed by atoms with Crippen LogP contribution in [0.4, 0.5) is 10.5 Å². The highest BCUT2D eigenvalue weighted by Gasteiger charge is 2.18. The molecule has 0 radical (unpaired) electrons. The maximum atomic E-state index is 12.0. The number of carbonyl (C=O) groups is 1. The van der Waals surface area contributed by atoms with E-state index in [9.17, 15) is 4.79 Å². The molecule has 0 aliphatic carbocycles. The summed E-state index contributed by atoms with van der Waals surface area (Å²) in [5.74, 6) is 0.487. The van der Waals surface area contributed by atoms with Crippen LogP contribution in [0.3, 0.4) is 0 Å². The number of nitrogens with zero attached hydrogens (tertiary/aromatic N) is 1. The summed E-state index contributed by atoms with van der Waals surface area (Å²) in [6.07, 6.45) is -1.12. The van der Waals surface area contributed by atoms with Crippen LogP contribution < -0.4 is 9.64 Å². The summed E-state index contributed by atoms with van der Waals surface area (Å²) in [7, 11) is 0. The number of benzene rings is 2. The van der Waals surface area contributed by atoms with Crippen molar-refractivity contribution < 1.29 is 14.3 Å². The molecule has 4 nitrogen and oxygen atoms in total. The van der Waals surface area contributed by atoms with Crippen molar-refractivity contribution >= 4 is 11.8 Å². The number of aryl methyl sites for hydroxylation is 2. The fraction of sp³-hybridized carbons (Fsp3) is 0.316. The molecule has 4 heteroatoms. The first-order chi connectivity index (χ1) is 11.0. The summed E-state index contributed by atoms with van der Waals surface area (Å²) < 4.78 is 10.6. The molecule has 1 unspecified atom stereocenters. The van der Waals surface area contributed by atoms with Crippen molar-refractivity contribution in [3.63, 3.8) is 0 Å². The van der Waals surface area contributed by atoms with Gasteiger partial charge in [-0.05, 0) is 63.1 Å². The lowest BCUT2D eigenvalue weighted by Gasteiger charge is -2.29. The molecule has 23 heavy (non-hydrogen) atoms. The SMILES string of the molecule is CCN(c1cccc(C)c1)C(C)OC(=O)Oc1cccc(C)c1. The largest absolute Gasteiger partial charge is 0.515 e. The lowest BCUT2D eigenvalue weighted by molar-refractivity contribution is 0.0645. The molecule has 122 valence electrons. The van der Waals surface area contributed by atoms with E-state index in [1.165, 1.54) is 0 Å². The molecule has 2 aromatic rings. The highest BCUT2D eigenvalue weighted by Crippen LogP contribution is 2.20. The monoisotopic (exact) mass is 313 g/mol. The smallest absolute Gasteiger partial charge is 0.410 e. The summed E-state index contributed by atoms with van der Waals surface area (Å²) in [5.41, 5.74) is 3.21. The topological polar surface area (TPSA) is 38.8 Å². The summed E-state index contributed by atoms with van der Waals surface area (Å²) >= 11 is 0. The van der Waals surface area contributed by atoms with Crippen molar-refractivity contribution in [1.29, 1.82) is 0 Å². The Kier molecular flexibility index (Phi) is 5.63. The lowest BCUT2D eigenvalue weighted by atomic mass is 10.2. The van der Waals surface area contributed by atoms with E-state index in [1.807, 2.05) is 62.9 Å². The van der Waals surface area contributed by atoms with Gasteiger partial charge in [-0.1, -0.05) is 24.3 Å². The maximum Gasteiger partial charge on any atom is 0.515 e. The minimum atomic E-state index is -0.700. The average molecular weight is 313 g/mol. The lowest BCUT2D eigenvalue weighted by Crippen LogP contribution is -2.37. The van der Waals surface area contributed by atoms with Crippen molar-refractivity contribution in [2.45, 2.75) is 33.9 Å². The van der Waals surface area contributed by atoms with E-state index < -0.39 is 12.4 Å². The molecular weight excluding hydrogens is 290 g/mol. The second-order valence-corrected chi connectivity index (χ2v) is 5.51.